The molecule has 1 aliphatic rings. The van der Waals surface area contributed by atoms with Gasteiger partial charge in [-0.15, -0.1) is 0 Å². The predicted molar refractivity (Wildman–Crippen MR) is 53.6 cm³/mol. The van der Waals surface area contributed by atoms with E-state index in [4.69, 9.17) is 0 Å². The first-order valence-corrected chi connectivity index (χ1v) is 5.20. The first-order valence-electron chi connectivity index (χ1n) is 5.20. The van der Waals surface area contributed by atoms with Crippen LogP contribution in [0.2, 0.25) is 0 Å². The van der Waals surface area contributed by atoms with Crippen LogP contribution in [0.1, 0.15) is 33.1 Å². The fraction of sp³-hybridized carbons (Fsp3) is 0.800. The van der Waals surface area contributed by atoms with Crippen LogP contribution in [0.15, 0.2) is 0 Å². The third-order valence-corrected chi connectivity index (χ3v) is 2.65. The molecule has 14 heavy (non-hydrogen) atoms. The van der Waals surface area contributed by atoms with Gasteiger partial charge in [0.2, 0.25) is 11.8 Å². The van der Waals surface area contributed by atoms with Crippen LogP contribution < -0.4 is 10.6 Å². The summed E-state index contributed by atoms with van der Waals surface area (Å²) >= 11 is 0. The zero-order valence-electron chi connectivity index (χ0n) is 8.80. The molecule has 0 aromatic heterocycles. The van der Waals surface area contributed by atoms with Crippen molar-refractivity contribution in [2.45, 2.75) is 39.2 Å². The van der Waals surface area contributed by atoms with Crippen molar-refractivity contribution in [1.82, 2.24) is 10.6 Å². The van der Waals surface area contributed by atoms with Crippen molar-refractivity contribution >= 4 is 11.8 Å². The lowest BCUT2D eigenvalue weighted by Gasteiger charge is -2.23. The van der Waals surface area contributed by atoms with Crippen LogP contribution in [0, 0.1) is 5.92 Å². The summed E-state index contributed by atoms with van der Waals surface area (Å²) in [6, 6.07) is -0.179. The maximum atomic E-state index is 11.3. The Morgan fingerprint density at radius 2 is 2.29 bits per heavy atom. The first-order chi connectivity index (χ1) is 6.63. The van der Waals surface area contributed by atoms with Gasteiger partial charge in [0.25, 0.3) is 0 Å². The van der Waals surface area contributed by atoms with Gasteiger partial charge >= 0.3 is 0 Å². The van der Waals surface area contributed by atoms with Crippen LogP contribution in [0.5, 0.6) is 0 Å². The SMILES string of the molecule is CCC(C)CNC1CCC(=O)NC1=O. The molecule has 0 spiro atoms. The van der Waals surface area contributed by atoms with Crippen molar-refractivity contribution in [2.24, 2.45) is 5.92 Å². The molecule has 2 atom stereocenters. The molecule has 2 unspecified atom stereocenters. The third-order valence-electron chi connectivity index (χ3n) is 2.65. The van der Waals surface area contributed by atoms with Crippen molar-refractivity contribution in [3.05, 3.63) is 0 Å². The van der Waals surface area contributed by atoms with Gasteiger partial charge in [0, 0.05) is 6.42 Å². The number of carbonyl (C=O) groups excluding carboxylic acids is 2. The normalized spacial score (nSPS) is 24.6. The molecule has 0 aliphatic carbocycles. The van der Waals surface area contributed by atoms with E-state index in [1.165, 1.54) is 0 Å². The minimum Gasteiger partial charge on any atom is -0.306 e. The molecule has 2 N–H and O–H groups in total. The van der Waals surface area contributed by atoms with Crippen LogP contribution >= 0.6 is 0 Å². The van der Waals surface area contributed by atoms with Gasteiger partial charge in [-0.2, -0.15) is 0 Å². The number of nitrogens with one attached hydrogen (secondary N) is 2. The molecule has 0 aromatic carbocycles. The number of hydrogen-bond donors (Lipinski definition) is 2. The first kappa shape index (κ1) is 11.2. The van der Waals surface area contributed by atoms with E-state index < -0.39 is 0 Å². The Bertz CT molecular complexity index is 228. The van der Waals surface area contributed by atoms with E-state index in [-0.39, 0.29) is 17.9 Å². The number of hydrogen-bond acceptors (Lipinski definition) is 3. The third kappa shape index (κ3) is 3.10. The Kier molecular flexibility index (Phi) is 4.07. The summed E-state index contributed by atoms with van der Waals surface area (Å²) in [5.41, 5.74) is 0. The molecule has 1 heterocycles. The lowest BCUT2D eigenvalue weighted by atomic mass is 10.0. The Morgan fingerprint density at radius 3 is 2.86 bits per heavy atom. The highest BCUT2D eigenvalue weighted by Crippen LogP contribution is 2.05. The van der Waals surface area contributed by atoms with Gasteiger partial charge in [0.1, 0.15) is 0 Å². The Morgan fingerprint density at radius 1 is 1.57 bits per heavy atom. The van der Waals surface area contributed by atoms with Crippen molar-refractivity contribution in [3.63, 3.8) is 0 Å². The van der Waals surface area contributed by atoms with E-state index in [0.717, 1.165) is 13.0 Å². The standard InChI is InChI=1S/C10H18N2O2/c1-3-7(2)6-11-8-4-5-9(13)12-10(8)14/h7-8,11H,3-6H2,1-2H3,(H,12,13,14). The smallest absolute Gasteiger partial charge is 0.243 e. The van der Waals surface area contributed by atoms with Gasteiger partial charge < -0.3 is 5.32 Å². The largest absolute Gasteiger partial charge is 0.306 e. The maximum Gasteiger partial charge on any atom is 0.243 e. The maximum absolute atomic E-state index is 11.3. The summed E-state index contributed by atoms with van der Waals surface area (Å²) in [6.45, 7) is 5.10. The minimum atomic E-state index is -0.179. The fourth-order valence-electron chi connectivity index (χ4n) is 1.38. The molecule has 2 amide bonds. The number of imide groups is 1. The van der Waals surface area contributed by atoms with Gasteiger partial charge in [-0.25, -0.2) is 0 Å². The zero-order chi connectivity index (χ0) is 10.6. The van der Waals surface area contributed by atoms with E-state index in [9.17, 15) is 9.59 Å². The topological polar surface area (TPSA) is 58.2 Å². The molecule has 0 radical (unpaired) electrons. The van der Waals surface area contributed by atoms with Crippen molar-refractivity contribution in [2.75, 3.05) is 6.54 Å². The summed E-state index contributed by atoms with van der Waals surface area (Å²) < 4.78 is 0. The van der Waals surface area contributed by atoms with Gasteiger partial charge in [-0.3, -0.25) is 14.9 Å². The summed E-state index contributed by atoms with van der Waals surface area (Å²) in [5.74, 6) is 0.238. The van der Waals surface area contributed by atoms with Gasteiger partial charge in [-0.05, 0) is 18.9 Å². The van der Waals surface area contributed by atoms with Crippen LogP contribution in [0.3, 0.4) is 0 Å². The van der Waals surface area contributed by atoms with E-state index in [2.05, 4.69) is 24.5 Å². The fourth-order valence-corrected chi connectivity index (χ4v) is 1.38. The second-order valence-electron chi connectivity index (χ2n) is 3.93. The molecule has 4 nitrogen and oxygen atoms in total. The van der Waals surface area contributed by atoms with Crippen LogP contribution in [-0.2, 0) is 9.59 Å². The summed E-state index contributed by atoms with van der Waals surface area (Å²) in [6.07, 6.45) is 2.17. The second kappa shape index (κ2) is 5.10. The van der Waals surface area contributed by atoms with E-state index in [0.29, 0.717) is 18.8 Å². The highest BCUT2D eigenvalue weighted by molar-refractivity contribution is 6.00. The Hall–Kier alpha value is -0.900. The summed E-state index contributed by atoms with van der Waals surface area (Å²) in [4.78, 5) is 22.2. The lowest BCUT2D eigenvalue weighted by molar-refractivity contribution is -0.134. The molecule has 4 heteroatoms. The molecular weight excluding hydrogens is 180 g/mol. The number of carbonyl (C=O) groups is 2. The minimum absolute atomic E-state index is 0.156. The molecule has 1 saturated heterocycles. The zero-order valence-corrected chi connectivity index (χ0v) is 8.80. The van der Waals surface area contributed by atoms with Crippen LogP contribution in [0.25, 0.3) is 0 Å². The Balaban J connectivity index is 2.31. The molecule has 0 aromatic rings. The molecular formula is C10H18N2O2. The molecule has 80 valence electrons. The monoisotopic (exact) mass is 198 g/mol. The predicted octanol–water partition coefficient (Wildman–Crippen LogP) is 0.427. The highest BCUT2D eigenvalue weighted by Gasteiger charge is 2.25. The van der Waals surface area contributed by atoms with Crippen molar-refractivity contribution < 1.29 is 9.59 Å². The molecule has 1 rings (SSSR count). The van der Waals surface area contributed by atoms with E-state index >= 15 is 0 Å². The molecule has 0 saturated carbocycles. The summed E-state index contributed by atoms with van der Waals surface area (Å²) in [7, 11) is 0. The van der Waals surface area contributed by atoms with E-state index in [1.807, 2.05) is 0 Å². The Labute approximate surface area is 84.4 Å². The second-order valence-corrected chi connectivity index (χ2v) is 3.93. The number of rotatable bonds is 4. The van der Waals surface area contributed by atoms with Crippen LogP contribution in [-0.4, -0.2) is 24.4 Å². The lowest BCUT2D eigenvalue weighted by Crippen LogP contribution is -2.51. The molecule has 1 fully saturated rings. The van der Waals surface area contributed by atoms with Gasteiger partial charge in [-0.1, -0.05) is 20.3 Å². The molecule has 0 bridgehead atoms. The number of piperidine rings is 1. The van der Waals surface area contributed by atoms with Crippen molar-refractivity contribution in [1.29, 1.82) is 0 Å². The number of amides is 2. The van der Waals surface area contributed by atoms with Gasteiger partial charge in [0.15, 0.2) is 0 Å². The molecule has 1 aliphatic heterocycles. The average molecular weight is 198 g/mol. The highest BCUT2D eigenvalue weighted by atomic mass is 16.2. The van der Waals surface area contributed by atoms with Crippen molar-refractivity contribution in [3.8, 4) is 0 Å². The van der Waals surface area contributed by atoms with Crippen LogP contribution in [0.4, 0.5) is 0 Å². The quantitative estimate of drug-likeness (QED) is 0.644. The van der Waals surface area contributed by atoms with Gasteiger partial charge in [0.05, 0.1) is 6.04 Å². The average Bonchev–Trinajstić information content (AvgIpc) is 2.16. The van der Waals surface area contributed by atoms with E-state index in [1.54, 1.807) is 0 Å². The summed E-state index contributed by atoms with van der Waals surface area (Å²) in [5, 5.41) is 5.51.